The summed E-state index contributed by atoms with van der Waals surface area (Å²) in [7, 11) is 0. The van der Waals surface area contributed by atoms with Gasteiger partial charge < -0.3 is 5.73 Å². The van der Waals surface area contributed by atoms with Crippen molar-refractivity contribution in [1.82, 2.24) is 0 Å². The number of halogens is 2. The summed E-state index contributed by atoms with van der Waals surface area (Å²) in [6, 6.07) is 4.21. The van der Waals surface area contributed by atoms with Crippen LogP contribution in [-0.4, -0.2) is 5.84 Å². The van der Waals surface area contributed by atoms with Gasteiger partial charge in [0.25, 0.3) is 0 Å². The molecule has 0 aliphatic heterocycles. The Balaban J connectivity index is 0.00000121. The lowest BCUT2D eigenvalue weighted by Crippen LogP contribution is -2.12. The van der Waals surface area contributed by atoms with Gasteiger partial charge in [0.2, 0.25) is 0 Å². The predicted octanol–water partition coefficient (Wildman–Crippen LogP) is 1.84. The third-order valence-corrected chi connectivity index (χ3v) is 1.49. The first-order chi connectivity index (χ1) is 5.11. The molecule has 12 heavy (non-hydrogen) atoms. The zero-order chi connectivity index (χ0) is 8.43. The zero-order valence-electron chi connectivity index (χ0n) is 6.60. The number of nitrogens with one attached hydrogen (secondary N) is 1. The maximum Gasteiger partial charge on any atom is 0.123 e. The molecule has 0 aliphatic carbocycles. The summed E-state index contributed by atoms with van der Waals surface area (Å²) < 4.78 is 12.6. The monoisotopic (exact) mass is 188 g/mol. The highest BCUT2D eigenvalue weighted by Crippen LogP contribution is 2.08. The first-order valence-corrected chi connectivity index (χ1v) is 3.22. The van der Waals surface area contributed by atoms with E-state index in [4.69, 9.17) is 11.1 Å². The first kappa shape index (κ1) is 10.9. The van der Waals surface area contributed by atoms with Gasteiger partial charge in [-0.25, -0.2) is 4.39 Å². The minimum absolute atomic E-state index is 0. The van der Waals surface area contributed by atoms with Gasteiger partial charge in [-0.3, -0.25) is 5.41 Å². The predicted molar refractivity (Wildman–Crippen MR) is 49.4 cm³/mol. The number of aryl methyl sites for hydroxylation is 1. The fraction of sp³-hybridized carbons (Fsp3) is 0.125. The van der Waals surface area contributed by atoms with E-state index in [2.05, 4.69) is 0 Å². The second-order valence-electron chi connectivity index (χ2n) is 2.37. The van der Waals surface area contributed by atoms with Gasteiger partial charge in [-0.15, -0.1) is 12.4 Å². The van der Waals surface area contributed by atoms with Crippen LogP contribution in [0.5, 0.6) is 0 Å². The highest BCUT2D eigenvalue weighted by Gasteiger charge is 2.01. The van der Waals surface area contributed by atoms with E-state index in [-0.39, 0.29) is 24.1 Å². The Labute approximate surface area is 76.5 Å². The van der Waals surface area contributed by atoms with E-state index in [1.165, 1.54) is 12.1 Å². The van der Waals surface area contributed by atoms with E-state index >= 15 is 0 Å². The molecule has 0 aromatic heterocycles. The molecule has 1 rings (SSSR count). The van der Waals surface area contributed by atoms with Gasteiger partial charge in [0.05, 0.1) is 0 Å². The van der Waals surface area contributed by atoms with E-state index in [1.807, 2.05) is 0 Å². The molecule has 1 aromatic carbocycles. The van der Waals surface area contributed by atoms with Crippen LogP contribution in [0.15, 0.2) is 18.2 Å². The molecular formula is C8H10ClFN2. The van der Waals surface area contributed by atoms with Crippen LogP contribution in [0.3, 0.4) is 0 Å². The SMILES string of the molecule is Cc1ccc(F)cc1C(=N)N.Cl. The molecule has 0 atom stereocenters. The second-order valence-corrected chi connectivity index (χ2v) is 2.37. The van der Waals surface area contributed by atoms with Crippen molar-refractivity contribution in [2.24, 2.45) is 5.73 Å². The summed E-state index contributed by atoms with van der Waals surface area (Å²) in [5.74, 6) is -0.456. The van der Waals surface area contributed by atoms with Crippen molar-refractivity contribution < 1.29 is 4.39 Å². The number of amidine groups is 1. The molecular weight excluding hydrogens is 179 g/mol. The van der Waals surface area contributed by atoms with Gasteiger partial charge in [-0.1, -0.05) is 6.07 Å². The van der Waals surface area contributed by atoms with Gasteiger partial charge in [0.15, 0.2) is 0 Å². The Morgan fingerprint density at radius 1 is 1.50 bits per heavy atom. The number of benzene rings is 1. The maximum atomic E-state index is 12.6. The summed E-state index contributed by atoms with van der Waals surface area (Å²) in [6.45, 7) is 1.79. The average Bonchev–Trinajstić information content (AvgIpc) is 1.94. The number of rotatable bonds is 1. The molecule has 0 spiro atoms. The molecule has 66 valence electrons. The van der Waals surface area contributed by atoms with Crippen molar-refractivity contribution in [3.63, 3.8) is 0 Å². The normalized spacial score (nSPS) is 8.83. The smallest absolute Gasteiger partial charge is 0.123 e. The van der Waals surface area contributed by atoms with Gasteiger partial charge >= 0.3 is 0 Å². The quantitative estimate of drug-likeness (QED) is 0.513. The Hall–Kier alpha value is -1.09. The van der Waals surface area contributed by atoms with Crippen LogP contribution in [-0.2, 0) is 0 Å². The van der Waals surface area contributed by atoms with Crippen molar-refractivity contribution in [2.75, 3.05) is 0 Å². The Kier molecular flexibility index (Phi) is 3.70. The molecule has 0 heterocycles. The standard InChI is InChI=1S/C8H9FN2.ClH/c1-5-2-3-6(9)4-7(5)8(10)11;/h2-4H,1H3,(H3,10,11);1H. The van der Waals surface area contributed by atoms with Crippen LogP contribution in [0.4, 0.5) is 4.39 Å². The van der Waals surface area contributed by atoms with E-state index < -0.39 is 0 Å². The zero-order valence-corrected chi connectivity index (χ0v) is 7.41. The molecule has 0 amide bonds. The highest BCUT2D eigenvalue weighted by molar-refractivity contribution is 5.96. The van der Waals surface area contributed by atoms with E-state index in [0.29, 0.717) is 5.56 Å². The fourth-order valence-corrected chi connectivity index (χ4v) is 0.884. The van der Waals surface area contributed by atoms with Crippen LogP contribution >= 0.6 is 12.4 Å². The molecule has 2 nitrogen and oxygen atoms in total. The lowest BCUT2D eigenvalue weighted by Gasteiger charge is -2.01. The number of nitrogen functional groups attached to an aromatic ring is 1. The summed E-state index contributed by atoms with van der Waals surface area (Å²) in [5, 5.41) is 7.08. The minimum Gasteiger partial charge on any atom is -0.384 e. The van der Waals surface area contributed by atoms with Gasteiger partial charge in [0.1, 0.15) is 11.7 Å². The van der Waals surface area contributed by atoms with Gasteiger partial charge in [0, 0.05) is 5.56 Å². The number of nitrogens with two attached hydrogens (primary N) is 1. The molecule has 0 bridgehead atoms. The topological polar surface area (TPSA) is 49.9 Å². The van der Waals surface area contributed by atoms with E-state index in [0.717, 1.165) is 5.56 Å². The van der Waals surface area contributed by atoms with E-state index in [1.54, 1.807) is 13.0 Å². The largest absolute Gasteiger partial charge is 0.384 e. The fourth-order valence-electron chi connectivity index (χ4n) is 0.884. The molecule has 1 aromatic rings. The number of hydrogen-bond donors (Lipinski definition) is 2. The second kappa shape index (κ2) is 4.07. The average molecular weight is 189 g/mol. The van der Waals surface area contributed by atoms with Crippen LogP contribution < -0.4 is 5.73 Å². The van der Waals surface area contributed by atoms with Crippen molar-refractivity contribution in [1.29, 1.82) is 5.41 Å². The Bertz CT molecular complexity index is 299. The van der Waals surface area contributed by atoms with Crippen LogP contribution in [0.2, 0.25) is 0 Å². The maximum absolute atomic E-state index is 12.6. The molecule has 3 N–H and O–H groups in total. The number of hydrogen-bond acceptors (Lipinski definition) is 1. The molecule has 0 aliphatic rings. The molecule has 4 heteroatoms. The Morgan fingerprint density at radius 3 is 2.50 bits per heavy atom. The van der Waals surface area contributed by atoms with Gasteiger partial charge in [-0.2, -0.15) is 0 Å². The summed E-state index contributed by atoms with van der Waals surface area (Å²) in [5.41, 5.74) is 6.48. The molecule has 0 radical (unpaired) electrons. The third kappa shape index (κ3) is 2.20. The molecule has 0 saturated heterocycles. The van der Waals surface area contributed by atoms with Crippen LogP contribution in [0, 0.1) is 18.2 Å². The summed E-state index contributed by atoms with van der Waals surface area (Å²) in [4.78, 5) is 0. The van der Waals surface area contributed by atoms with Crippen molar-refractivity contribution in [2.45, 2.75) is 6.92 Å². The molecule has 0 fully saturated rings. The molecule has 0 saturated carbocycles. The van der Waals surface area contributed by atoms with Crippen molar-refractivity contribution >= 4 is 18.2 Å². The highest BCUT2D eigenvalue weighted by atomic mass is 35.5. The van der Waals surface area contributed by atoms with E-state index in [9.17, 15) is 4.39 Å². The summed E-state index contributed by atoms with van der Waals surface area (Å²) in [6.07, 6.45) is 0. The lowest BCUT2D eigenvalue weighted by molar-refractivity contribution is 0.627. The van der Waals surface area contributed by atoms with Crippen molar-refractivity contribution in [3.8, 4) is 0 Å². The van der Waals surface area contributed by atoms with Crippen LogP contribution in [0.25, 0.3) is 0 Å². The van der Waals surface area contributed by atoms with Gasteiger partial charge in [-0.05, 0) is 24.6 Å². The summed E-state index contributed by atoms with van der Waals surface area (Å²) >= 11 is 0. The lowest BCUT2D eigenvalue weighted by atomic mass is 10.1. The Morgan fingerprint density at radius 2 is 2.08 bits per heavy atom. The van der Waals surface area contributed by atoms with Crippen LogP contribution in [0.1, 0.15) is 11.1 Å². The minimum atomic E-state index is -0.360. The first-order valence-electron chi connectivity index (χ1n) is 3.22. The molecule has 0 unspecified atom stereocenters. The third-order valence-electron chi connectivity index (χ3n) is 1.49. The van der Waals surface area contributed by atoms with Crippen molar-refractivity contribution in [3.05, 3.63) is 35.1 Å².